The molecule has 0 bridgehead atoms. The van der Waals surface area contributed by atoms with Crippen LogP contribution in [0.25, 0.3) is 0 Å². The van der Waals surface area contributed by atoms with Gasteiger partial charge in [-0.2, -0.15) is 0 Å². The molecule has 1 amide bonds. The van der Waals surface area contributed by atoms with Gasteiger partial charge in [0.05, 0.1) is 29.0 Å². The lowest BCUT2D eigenvalue weighted by Gasteiger charge is -2.18. The Bertz CT molecular complexity index is 1070. The maximum Gasteiger partial charge on any atom is 0.285 e. The topological polar surface area (TPSA) is 98.3 Å². The summed E-state index contributed by atoms with van der Waals surface area (Å²) in [4.78, 5) is 40.5. The minimum atomic E-state index is -0.556. The van der Waals surface area contributed by atoms with E-state index < -0.39 is 4.92 Å². The van der Waals surface area contributed by atoms with E-state index in [0.29, 0.717) is 16.5 Å². The van der Waals surface area contributed by atoms with Crippen molar-refractivity contribution in [3.8, 4) is 0 Å². The van der Waals surface area contributed by atoms with E-state index in [1.165, 1.54) is 40.0 Å². The fourth-order valence-electron chi connectivity index (χ4n) is 2.70. The highest BCUT2D eigenvalue weighted by molar-refractivity contribution is 7.14. The Labute approximate surface area is 164 Å². The minimum Gasteiger partial charge on any atom is -0.303 e. The van der Waals surface area contributed by atoms with Gasteiger partial charge in [0.15, 0.2) is 5.13 Å². The Morgan fingerprint density at radius 1 is 1.25 bits per heavy atom. The molecule has 8 nitrogen and oxygen atoms in total. The highest BCUT2D eigenvalue weighted by atomic mass is 32.1. The van der Waals surface area contributed by atoms with Crippen LogP contribution in [0.1, 0.15) is 25.1 Å². The summed E-state index contributed by atoms with van der Waals surface area (Å²) in [6.45, 7) is 3.60. The van der Waals surface area contributed by atoms with Gasteiger partial charge in [-0.05, 0) is 24.1 Å². The first-order valence-electron chi connectivity index (χ1n) is 8.58. The number of aryl methyl sites for hydroxylation is 1. The fraction of sp³-hybridized carbons (Fsp3) is 0.211. The number of nitrogens with zero attached hydrogens (tertiary/aromatic N) is 4. The van der Waals surface area contributed by atoms with Crippen molar-refractivity contribution >= 4 is 33.8 Å². The van der Waals surface area contributed by atoms with Crippen molar-refractivity contribution < 1.29 is 9.72 Å². The smallest absolute Gasteiger partial charge is 0.285 e. The molecule has 0 fully saturated rings. The van der Waals surface area contributed by atoms with Gasteiger partial charge in [-0.3, -0.25) is 24.6 Å². The van der Waals surface area contributed by atoms with Crippen LogP contribution in [-0.2, 0) is 17.8 Å². The molecule has 0 unspecified atom stereocenters. The second-order valence-corrected chi connectivity index (χ2v) is 6.94. The van der Waals surface area contributed by atoms with E-state index in [0.717, 1.165) is 18.1 Å². The van der Waals surface area contributed by atoms with Crippen molar-refractivity contribution in [3.63, 3.8) is 0 Å². The van der Waals surface area contributed by atoms with Crippen molar-refractivity contribution in [2.75, 3.05) is 4.90 Å². The molecule has 0 aliphatic rings. The molecule has 1 aromatic carbocycles. The molecule has 0 saturated carbocycles. The number of nitro groups is 1. The highest BCUT2D eigenvalue weighted by Crippen LogP contribution is 2.29. The van der Waals surface area contributed by atoms with Crippen LogP contribution in [0.5, 0.6) is 0 Å². The summed E-state index contributed by atoms with van der Waals surface area (Å²) >= 11 is 1.27. The number of rotatable bonds is 6. The Kier molecular flexibility index (Phi) is 5.65. The summed E-state index contributed by atoms with van der Waals surface area (Å²) in [7, 11) is 0. The van der Waals surface area contributed by atoms with Crippen molar-refractivity contribution in [3.05, 3.63) is 79.7 Å². The van der Waals surface area contributed by atoms with Crippen LogP contribution in [0, 0.1) is 10.1 Å². The fourth-order valence-corrected chi connectivity index (χ4v) is 3.58. The minimum absolute atomic E-state index is 0.0809. The highest BCUT2D eigenvalue weighted by Gasteiger charge is 2.18. The molecule has 0 aliphatic heterocycles. The Morgan fingerprint density at radius 3 is 2.57 bits per heavy atom. The lowest BCUT2D eigenvalue weighted by atomic mass is 10.1. The molecule has 0 spiro atoms. The van der Waals surface area contributed by atoms with E-state index in [-0.39, 0.29) is 23.7 Å². The Balaban J connectivity index is 1.89. The van der Waals surface area contributed by atoms with Crippen LogP contribution in [0.4, 0.5) is 16.5 Å². The second kappa shape index (κ2) is 8.13. The lowest BCUT2D eigenvalue weighted by molar-refractivity contribution is -0.385. The Hall–Kier alpha value is -3.33. The third kappa shape index (κ3) is 4.15. The van der Waals surface area contributed by atoms with E-state index >= 15 is 0 Å². The van der Waals surface area contributed by atoms with Crippen molar-refractivity contribution in [2.24, 2.45) is 0 Å². The third-order valence-corrected chi connectivity index (χ3v) is 5.03. The molecule has 3 rings (SSSR count). The summed E-state index contributed by atoms with van der Waals surface area (Å²) in [5.41, 5.74) is 1.88. The molecular weight excluding hydrogens is 380 g/mol. The van der Waals surface area contributed by atoms with Crippen LogP contribution in [-0.4, -0.2) is 20.4 Å². The van der Waals surface area contributed by atoms with Crippen LogP contribution in [0.2, 0.25) is 0 Å². The Morgan fingerprint density at radius 2 is 1.96 bits per heavy atom. The van der Waals surface area contributed by atoms with E-state index in [1.54, 1.807) is 5.38 Å². The molecule has 9 heteroatoms. The number of benzene rings is 1. The van der Waals surface area contributed by atoms with Gasteiger partial charge < -0.3 is 4.57 Å². The molecule has 0 N–H and O–H groups in total. The number of carbonyl (C=O) groups excluding carboxylic acids is 1. The number of anilines is 2. The lowest BCUT2D eigenvalue weighted by Crippen LogP contribution is -2.23. The van der Waals surface area contributed by atoms with E-state index in [4.69, 9.17) is 0 Å². The van der Waals surface area contributed by atoms with Gasteiger partial charge in [0.1, 0.15) is 0 Å². The molecule has 144 valence electrons. The van der Waals surface area contributed by atoms with E-state index in [2.05, 4.69) is 11.9 Å². The summed E-state index contributed by atoms with van der Waals surface area (Å²) in [5, 5.41) is 13.1. The number of aromatic nitrogens is 2. The van der Waals surface area contributed by atoms with Crippen LogP contribution in [0.3, 0.4) is 0 Å². The monoisotopic (exact) mass is 398 g/mol. The number of hydrogen-bond acceptors (Lipinski definition) is 6. The largest absolute Gasteiger partial charge is 0.303 e. The number of amides is 1. The van der Waals surface area contributed by atoms with Gasteiger partial charge in [0.25, 0.3) is 11.2 Å². The standard InChI is InChI=1S/C19H18N4O4S/c1-3-14-4-6-16(7-5-14)22(13(2)24)19-20-15(12-28-19)10-21-11-17(23(26)27)8-9-18(21)25/h4-9,11-12H,3,10H2,1-2H3. The van der Waals surface area contributed by atoms with Gasteiger partial charge in [-0.15, -0.1) is 11.3 Å². The SMILES string of the molecule is CCc1ccc(N(C(C)=O)c2nc(Cn3cc([N+](=O)[O-])ccc3=O)cs2)cc1. The maximum atomic E-state index is 12.2. The number of pyridine rings is 1. The predicted octanol–water partition coefficient (Wildman–Crippen LogP) is 3.51. The first-order chi connectivity index (χ1) is 13.4. The second-order valence-electron chi connectivity index (χ2n) is 6.11. The zero-order valence-electron chi connectivity index (χ0n) is 15.4. The molecule has 2 heterocycles. The van der Waals surface area contributed by atoms with Gasteiger partial charge in [-0.1, -0.05) is 19.1 Å². The molecule has 0 radical (unpaired) electrons. The number of thiazole rings is 1. The molecule has 0 aliphatic carbocycles. The van der Waals surface area contributed by atoms with Gasteiger partial charge >= 0.3 is 0 Å². The van der Waals surface area contributed by atoms with Crippen molar-refractivity contribution in [1.82, 2.24) is 9.55 Å². The summed E-state index contributed by atoms with van der Waals surface area (Å²) in [5.74, 6) is -0.183. The van der Waals surface area contributed by atoms with Gasteiger partial charge in [0.2, 0.25) is 5.91 Å². The molecule has 2 aromatic heterocycles. The number of hydrogen-bond donors (Lipinski definition) is 0. The predicted molar refractivity (Wildman–Crippen MR) is 107 cm³/mol. The van der Waals surface area contributed by atoms with E-state index in [9.17, 15) is 19.7 Å². The first-order valence-corrected chi connectivity index (χ1v) is 9.46. The molecule has 28 heavy (non-hydrogen) atoms. The average molecular weight is 398 g/mol. The zero-order valence-corrected chi connectivity index (χ0v) is 16.2. The normalized spacial score (nSPS) is 10.6. The number of carbonyl (C=O) groups is 1. The molecule has 0 saturated heterocycles. The van der Waals surface area contributed by atoms with Crippen LogP contribution in [0.15, 0.2) is 52.8 Å². The molecule has 0 atom stereocenters. The quantitative estimate of drug-likeness (QED) is 0.467. The summed E-state index contributed by atoms with van der Waals surface area (Å²) in [6, 6.07) is 9.98. The summed E-state index contributed by atoms with van der Waals surface area (Å²) in [6.07, 6.45) is 2.09. The van der Waals surface area contributed by atoms with E-state index in [1.807, 2.05) is 24.3 Å². The van der Waals surface area contributed by atoms with Crippen molar-refractivity contribution in [1.29, 1.82) is 0 Å². The van der Waals surface area contributed by atoms with Gasteiger partial charge in [-0.25, -0.2) is 4.98 Å². The van der Waals surface area contributed by atoms with Crippen molar-refractivity contribution in [2.45, 2.75) is 26.8 Å². The zero-order chi connectivity index (χ0) is 20.3. The maximum absolute atomic E-state index is 12.2. The summed E-state index contributed by atoms with van der Waals surface area (Å²) < 4.78 is 1.23. The average Bonchev–Trinajstić information content (AvgIpc) is 3.11. The molecule has 3 aromatic rings. The van der Waals surface area contributed by atoms with Gasteiger partial charge in [0, 0.05) is 24.4 Å². The molecular formula is C19H18N4O4S. The third-order valence-electron chi connectivity index (χ3n) is 4.16. The first kappa shape index (κ1) is 19.4. The van der Waals surface area contributed by atoms with Crippen LogP contribution >= 0.6 is 11.3 Å². The van der Waals surface area contributed by atoms with Crippen LogP contribution < -0.4 is 10.5 Å².